The lowest BCUT2D eigenvalue weighted by Crippen LogP contribution is -2.49. The van der Waals surface area contributed by atoms with E-state index in [4.69, 9.17) is 0 Å². The molecular weight excluding hydrogens is 358 g/mol. The topological polar surface area (TPSA) is 62.3 Å². The highest BCUT2D eigenvalue weighted by Crippen LogP contribution is 2.26. The second-order valence-corrected chi connectivity index (χ2v) is 7.79. The van der Waals surface area contributed by atoms with Gasteiger partial charge in [-0.1, -0.05) is 18.2 Å². The zero-order valence-corrected chi connectivity index (χ0v) is 16.0. The third kappa shape index (κ3) is 3.85. The van der Waals surface area contributed by atoms with E-state index in [1.54, 1.807) is 11.3 Å². The van der Waals surface area contributed by atoms with Gasteiger partial charge in [-0.25, -0.2) is 4.98 Å². The fourth-order valence-corrected chi connectivity index (χ4v) is 4.25. The van der Waals surface area contributed by atoms with Gasteiger partial charge in [0.25, 0.3) is 5.91 Å². The summed E-state index contributed by atoms with van der Waals surface area (Å²) in [5.41, 5.74) is 5.68. The van der Waals surface area contributed by atoms with Gasteiger partial charge >= 0.3 is 0 Å². The number of amides is 2. The Morgan fingerprint density at radius 1 is 1.15 bits per heavy atom. The molecule has 27 heavy (non-hydrogen) atoms. The minimum atomic E-state index is -0.0456. The number of carbonyl (C=O) groups is 2. The van der Waals surface area contributed by atoms with E-state index in [9.17, 15) is 9.59 Å². The number of aromatic nitrogens is 1. The molecule has 3 aromatic rings. The molecule has 1 saturated heterocycles. The van der Waals surface area contributed by atoms with E-state index in [-0.39, 0.29) is 17.9 Å². The maximum absolute atomic E-state index is 12.8. The van der Waals surface area contributed by atoms with Gasteiger partial charge in [-0.05, 0) is 48.2 Å². The van der Waals surface area contributed by atoms with Crippen LogP contribution in [0, 0.1) is 0 Å². The summed E-state index contributed by atoms with van der Waals surface area (Å²) in [6, 6.07) is 14.0. The molecule has 138 valence electrons. The number of nitrogens with one attached hydrogen (secondary N) is 1. The molecule has 5 nitrogen and oxygen atoms in total. The van der Waals surface area contributed by atoms with E-state index in [1.165, 1.54) is 11.6 Å². The predicted molar refractivity (Wildman–Crippen MR) is 108 cm³/mol. The van der Waals surface area contributed by atoms with Crippen molar-refractivity contribution in [1.29, 1.82) is 0 Å². The summed E-state index contributed by atoms with van der Waals surface area (Å²) in [5.74, 6) is -0.0257. The number of benzene rings is 2. The molecule has 1 N–H and O–H groups in total. The molecule has 1 atom stereocenters. The third-order valence-corrected chi connectivity index (χ3v) is 5.72. The van der Waals surface area contributed by atoms with Crippen LogP contribution < -0.4 is 5.32 Å². The second kappa shape index (κ2) is 7.48. The van der Waals surface area contributed by atoms with E-state index in [1.807, 2.05) is 34.7 Å². The quantitative estimate of drug-likeness (QED) is 0.755. The second-order valence-electron chi connectivity index (χ2n) is 6.90. The van der Waals surface area contributed by atoms with Crippen molar-refractivity contribution in [1.82, 2.24) is 15.2 Å². The Morgan fingerprint density at radius 3 is 2.70 bits per heavy atom. The molecule has 1 unspecified atom stereocenters. The van der Waals surface area contributed by atoms with Gasteiger partial charge in [0.05, 0.1) is 15.7 Å². The normalized spacial score (nSPS) is 17.1. The summed E-state index contributed by atoms with van der Waals surface area (Å²) in [6.07, 6.45) is 1.82. The summed E-state index contributed by atoms with van der Waals surface area (Å²) in [6.45, 7) is 2.82. The van der Waals surface area contributed by atoms with Gasteiger partial charge in [-0.2, -0.15) is 0 Å². The van der Waals surface area contributed by atoms with E-state index >= 15 is 0 Å². The first-order valence-electron chi connectivity index (χ1n) is 9.10. The monoisotopic (exact) mass is 379 g/mol. The zero-order valence-electron chi connectivity index (χ0n) is 15.1. The number of likely N-dealkylation sites (tertiary alicyclic amines) is 1. The number of fused-ring (bicyclic) bond motifs is 1. The minimum Gasteiger partial charge on any atom is -0.352 e. The predicted octanol–water partition coefficient (Wildman–Crippen LogP) is 3.70. The van der Waals surface area contributed by atoms with E-state index in [0.717, 1.165) is 36.0 Å². The third-order valence-electron chi connectivity index (χ3n) is 4.91. The summed E-state index contributed by atoms with van der Waals surface area (Å²) in [4.78, 5) is 30.3. The summed E-state index contributed by atoms with van der Waals surface area (Å²) < 4.78 is 1.17. The maximum atomic E-state index is 12.8. The van der Waals surface area contributed by atoms with Gasteiger partial charge in [0, 0.05) is 31.6 Å². The summed E-state index contributed by atoms with van der Waals surface area (Å²) in [7, 11) is 0. The van der Waals surface area contributed by atoms with Crippen LogP contribution in [0.25, 0.3) is 21.3 Å². The van der Waals surface area contributed by atoms with E-state index < -0.39 is 0 Å². The maximum Gasteiger partial charge on any atom is 0.253 e. The molecule has 1 fully saturated rings. The zero-order chi connectivity index (χ0) is 18.8. The van der Waals surface area contributed by atoms with Crippen LogP contribution in [0.3, 0.4) is 0 Å². The first kappa shape index (κ1) is 17.7. The van der Waals surface area contributed by atoms with Crippen molar-refractivity contribution < 1.29 is 9.59 Å². The largest absolute Gasteiger partial charge is 0.352 e. The molecule has 2 aromatic carbocycles. The highest BCUT2D eigenvalue weighted by atomic mass is 32.1. The molecule has 1 aliphatic rings. The molecule has 2 amide bonds. The van der Waals surface area contributed by atoms with Crippen molar-refractivity contribution >= 4 is 33.4 Å². The van der Waals surface area contributed by atoms with Crippen LogP contribution in [0.1, 0.15) is 30.1 Å². The molecule has 0 saturated carbocycles. The minimum absolute atomic E-state index is 0.0200. The van der Waals surface area contributed by atoms with E-state index in [0.29, 0.717) is 12.1 Å². The molecule has 0 radical (unpaired) electrons. The van der Waals surface area contributed by atoms with Crippen LogP contribution in [0.4, 0.5) is 0 Å². The Morgan fingerprint density at radius 2 is 1.93 bits per heavy atom. The van der Waals surface area contributed by atoms with Crippen LogP contribution in [0.2, 0.25) is 0 Å². The Kier molecular flexibility index (Phi) is 4.90. The molecule has 0 spiro atoms. The lowest BCUT2D eigenvalue weighted by atomic mass is 10.0. The number of hydrogen-bond donors (Lipinski definition) is 1. The Balaban J connectivity index is 1.49. The first-order valence-corrected chi connectivity index (χ1v) is 9.98. The highest BCUT2D eigenvalue weighted by molar-refractivity contribution is 7.16. The van der Waals surface area contributed by atoms with Gasteiger partial charge in [-0.3, -0.25) is 9.59 Å². The number of piperidine rings is 1. The lowest BCUT2D eigenvalue weighted by Gasteiger charge is -2.33. The van der Waals surface area contributed by atoms with Crippen LogP contribution >= 0.6 is 11.3 Å². The fourth-order valence-electron chi connectivity index (χ4n) is 3.59. The van der Waals surface area contributed by atoms with Crippen LogP contribution in [-0.4, -0.2) is 40.8 Å². The molecule has 6 heteroatoms. The summed E-state index contributed by atoms with van der Waals surface area (Å²) in [5, 5.41) is 2.92. The fraction of sp³-hybridized carbons (Fsp3) is 0.286. The van der Waals surface area contributed by atoms with Gasteiger partial charge in [0.2, 0.25) is 5.91 Å². The number of carbonyl (C=O) groups excluding carboxylic acids is 2. The van der Waals surface area contributed by atoms with Gasteiger partial charge in [0.1, 0.15) is 0 Å². The Bertz CT molecular complexity index is 981. The van der Waals surface area contributed by atoms with Crippen LogP contribution in [0.5, 0.6) is 0 Å². The number of rotatable bonds is 3. The van der Waals surface area contributed by atoms with Crippen molar-refractivity contribution in [3.05, 3.63) is 53.5 Å². The molecule has 0 aliphatic carbocycles. The molecule has 4 rings (SSSR count). The molecule has 0 bridgehead atoms. The van der Waals surface area contributed by atoms with Crippen molar-refractivity contribution in [2.75, 3.05) is 13.1 Å². The first-order chi connectivity index (χ1) is 13.1. The van der Waals surface area contributed by atoms with Crippen molar-refractivity contribution in [2.24, 2.45) is 0 Å². The molecule has 1 aliphatic heterocycles. The standard InChI is InChI=1S/C21H21N3O2S/c1-14(25)23-18-3-2-10-24(12-18)21(26)16-6-4-15(5-7-16)17-8-9-20-19(11-17)22-13-27-20/h4-9,11,13,18H,2-3,10,12H2,1H3,(H,23,25). The molecular formula is C21H21N3O2S. The number of thiazole rings is 1. The average molecular weight is 379 g/mol. The molecule has 2 heterocycles. The lowest BCUT2D eigenvalue weighted by molar-refractivity contribution is -0.120. The smallest absolute Gasteiger partial charge is 0.253 e. The van der Waals surface area contributed by atoms with Crippen LogP contribution in [0.15, 0.2) is 48.0 Å². The Hall–Kier alpha value is -2.73. The summed E-state index contributed by atoms with van der Waals surface area (Å²) >= 11 is 1.63. The Labute approximate surface area is 162 Å². The van der Waals surface area contributed by atoms with Crippen LogP contribution in [-0.2, 0) is 4.79 Å². The van der Waals surface area contributed by atoms with E-state index in [2.05, 4.69) is 28.5 Å². The highest BCUT2D eigenvalue weighted by Gasteiger charge is 2.24. The SMILES string of the molecule is CC(=O)NC1CCCN(C(=O)c2ccc(-c3ccc4scnc4c3)cc2)C1. The number of hydrogen-bond acceptors (Lipinski definition) is 4. The van der Waals surface area contributed by atoms with Gasteiger partial charge in [0.15, 0.2) is 0 Å². The van der Waals surface area contributed by atoms with Crippen molar-refractivity contribution in [3.8, 4) is 11.1 Å². The average Bonchev–Trinajstić information content (AvgIpc) is 3.15. The molecule has 1 aromatic heterocycles. The number of nitrogens with zero attached hydrogens (tertiary/aromatic N) is 2. The van der Waals surface area contributed by atoms with Crippen molar-refractivity contribution in [3.63, 3.8) is 0 Å². The van der Waals surface area contributed by atoms with Gasteiger partial charge in [-0.15, -0.1) is 11.3 Å². The van der Waals surface area contributed by atoms with Gasteiger partial charge < -0.3 is 10.2 Å². The van der Waals surface area contributed by atoms with Crippen molar-refractivity contribution in [2.45, 2.75) is 25.8 Å².